The van der Waals surface area contributed by atoms with Crippen LogP contribution in [0.4, 0.5) is 0 Å². The topological polar surface area (TPSA) is 95.5 Å². The van der Waals surface area contributed by atoms with Gasteiger partial charge in [-0.25, -0.2) is 9.78 Å². The summed E-state index contributed by atoms with van der Waals surface area (Å²) < 4.78 is 5.11. The van der Waals surface area contributed by atoms with E-state index in [1.165, 1.54) is 0 Å². The number of hydrogen-bond donors (Lipinski definition) is 2. The van der Waals surface area contributed by atoms with Crippen LogP contribution in [0, 0.1) is 0 Å². The highest BCUT2D eigenvalue weighted by Crippen LogP contribution is 2.13. The number of morpholine rings is 1. The number of rotatable bonds is 4. The molecule has 2 N–H and O–H groups in total. The van der Waals surface area contributed by atoms with E-state index in [0.717, 1.165) is 16.9 Å². The van der Waals surface area contributed by atoms with Gasteiger partial charge in [-0.2, -0.15) is 0 Å². The third-order valence-electron chi connectivity index (χ3n) is 3.71. The van der Waals surface area contributed by atoms with E-state index in [4.69, 9.17) is 9.84 Å². The number of imidazole rings is 1. The molecule has 7 nitrogen and oxygen atoms in total. The zero-order valence-corrected chi connectivity index (χ0v) is 12.0. The molecule has 0 bridgehead atoms. The Balaban J connectivity index is 1.58. The minimum Gasteiger partial charge on any atom is -0.479 e. The first-order valence-corrected chi connectivity index (χ1v) is 7.19. The second-order valence-corrected chi connectivity index (χ2v) is 5.24. The number of fused-ring (bicyclic) bond motifs is 1. The molecule has 1 saturated heterocycles. The normalized spacial score (nSPS) is 18.5. The lowest BCUT2D eigenvalue weighted by Crippen LogP contribution is -2.48. The molecular weight excluding hydrogens is 286 g/mol. The van der Waals surface area contributed by atoms with Gasteiger partial charge in [0.1, 0.15) is 5.82 Å². The Bertz CT molecular complexity index is 664. The van der Waals surface area contributed by atoms with Crippen molar-refractivity contribution in [1.82, 2.24) is 14.9 Å². The average molecular weight is 303 g/mol. The molecule has 1 aliphatic heterocycles. The molecule has 2 aromatic rings. The van der Waals surface area contributed by atoms with Crippen LogP contribution in [-0.2, 0) is 20.7 Å². The largest absolute Gasteiger partial charge is 0.479 e. The number of H-pyrrole nitrogens is 1. The maximum atomic E-state index is 12.2. The van der Waals surface area contributed by atoms with Gasteiger partial charge in [-0.15, -0.1) is 0 Å². The molecule has 1 aliphatic rings. The monoisotopic (exact) mass is 303 g/mol. The number of carboxylic acid groups (broad SMARTS) is 1. The van der Waals surface area contributed by atoms with Gasteiger partial charge < -0.3 is 19.7 Å². The number of carboxylic acids is 1. The Morgan fingerprint density at radius 2 is 2.23 bits per heavy atom. The van der Waals surface area contributed by atoms with Crippen LogP contribution in [0.5, 0.6) is 0 Å². The van der Waals surface area contributed by atoms with Gasteiger partial charge in [0, 0.05) is 19.4 Å². The Morgan fingerprint density at radius 3 is 3.00 bits per heavy atom. The third-order valence-corrected chi connectivity index (χ3v) is 3.71. The van der Waals surface area contributed by atoms with E-state index in [9.17, 15) is 9.59 Å². The minimum absolute atomic E-state index is 0.0741. The molecule has 1 atom stereocenters. The summed E-state index contributed by atoms with van der Waals surface area (Å²) in [6, 6.07) is 7.69. The van der Waals surface area contributed by atoms with Gasteiger partial charge in [-0.1, -0.05) is 12.1 Å². The van der Waals surface area contributed by atoms with Crippen molar-refractivity contribution >= 4 is 22.9 Å². The van der Waals surface area contributed by atoms with Gasteiger partial charge in [-0.05, 0) is 12.1 Å². The number of nitrogens with one attached hydrogen (secondary N) is 1. The fraction of sp³-hybridized carbons (Fsp3) is 0.400. The van der Waals surface area contributed by atoms with Gasteiger partial charge in [-0.3, -0.25) is 4.79 Å². The Hall–Kier alpha value is -2.41. The Labute approximate surface area is 126 Å². The molecule has 0 radical (unpaired) electrons. The number of carbonyl (C=O) groups excluding carboxylic acids is 1. The quantitative estimate of drug-likeness (QED) is 0.871. The summed E-state index contributed by atoms with van der Waals surface area (Å²) in [6.07, 6.45) is -0.127. The Kier molecular flexibility index (Phi) is 4.06. The maximum absolute atomic E-state index is 12.2. The van der Waals surface area contributed by atoms with Gasteiger partial charge in [0.2, 0.25) is 5.91 Å². The molecule has 1 fully saturated rings. The van der Waals surface area contributed by atoms with Crippen molar-refractivity contribution in [3.63, 3.8) is 0 Å². The van der Waals surface area contributed by atoms with Gasteiger partial charge >= 0.3 is 5.97 Å². The molecule has 1 amide bonds. The molecule has 1 aromatic carbocycles. The van der Waals surface area contributed by atoms with Crippen molar-refractivity contribution < 1.29 is 19.4 Å². The molecule has 0 saturated carbocycles. The zero-order chi connectivity index (χ0) is 15.5. The van der Waals surface area contributed by atoms with E-state index in [1.54, 1.807) is 4.90 Å². The van der Waals surface area contributed by atoms with Crippen molar-refractivity contribution in [2.75, 3.05) is 19.7 Å². The van der Waals surface area contributed by atoms with E-state index < -0.39 is 12.1 Å². The summed E-state index contributed by atoms with van der Waals surface area (Å²) in [5, 5.41) is 8.95. The second-order valence-electron chi connectivity index (χ2n) is 5.24. The van der Waals surface area contributed by atoms with Crippen molar-refractivity contribution in [3.05, 3.63) is 30.1 Å². The smallest absolute Gasteiger partial charge is 0.334 e. The number of nitrogens with zero attached hydrogens (tertiary/aromatic N) is 2. The van der Waals surface area contributed by atoms with Crippen LogP contribution in [0.3, 0.4) is 0 Å². The van der Waals surface area contributed by atoms with Crippen molar-refractivity contribution in [2.45, 2.75) is 18.9 Å². The maximum Gasteiger partial charge on any atom is 0.334 e. The Morgan fingerprint density at radius 1 is 1.41 bits per heavy atom. The summed E-state index contributed by atoms with van der Waals surface area (Å²) in [5.74, 6) is -0.345. The van der Waals surface area contributed by atoms with Crippen molar-refractivity contribution in [2.24, 2.45) is 0 Å². The molecule has 22 heavy (non-hydrogen) atoms. The summed E-state index contributed by atoms with van der Waals surface area (Å²) in [7, 11) is 0. The van der Waals surface area contributed by atoms with E-state index in [-0.39, 0.29) is 19.1 Å². The molecule has 7 heteroatoms. The van der Waals surface area contributed by atoms with Crippen LogP contribution in [0.1, 0.15) is 12.2 Å². The van der Waals surface area contributed by atoms with Gasteiger partial charge in [0.25, 0.3) is 0 Å². The van der Waals surface area contributed by atoms with E-state index in [1.807, 2.05) is 24.3 Å². The van der Waals surface area contributed by atoms with E-state index >= 15 is 0 Å². The number of ether oxygens (including phenoxy) is 1. The van der Waals surface area contributed by atoms with Crippen LogP contribution in [0.2, 0.25) is 0 Å². The molecule has 3 rings (SSSR count). The predicted octanol–water partition coefficient (Wildman–Crippen LogP) is 0.807. The number of aryl methyl sites for hydroxylation is 1. The van der Waals surface area contributed by atoms with Crippen LogP contribution in [0.15, 0.2) is 24.3 Å². The number of aromatic nitrogens is 2. The lowest BCUT2D eigenvalue weighted by atomic mass is 10.2. The first-order chi connectivity index (χ1) is 10.6. The summed E-state index contributed by atoms with van der Waals surface area (Å²) in [6.45, 7) is 0.796. The summed E-state index contributed by atoms with van der Waals surface area (Å²) in [4.78, 5) is 32.3. The molecule has 2 heterocycles. The number of hydrogen-bond acceptors (Lipinski definition) is 4. The number of benzene rings is 1. The summed E-state index contributed by atoms with van der Waals surface area (Å²) in [5.41, 5.74) is 1.82. The SMILES string of the molecule is O=C(O)C1CN(C(=O)CCc2nc3ccccc3[nH]2)CCO1. The predicted molar refractivity (Wildman–Crippen MR) is 78.4 cm³/mol. The second kappa shape index (κ2) is 6.15. The lowest BCUT2D eigenvalue weighted by Gasteiger charge is -2.30. The molecule has 1 unspecified atom stereocenters. The number of amides is 1. The average Bonchev–Trinajstić information content (AvgIpc) is 2.95. The summed E-state index contributed by atoms with van der Waals surface area (Å²) >= 11 is 0. The van der Waals surface area contributed by atoms with Crippen LogP contribution >= 0.6 is 0 Å². The van der Waals surface area contributed by atoms with E-state index in [0.29, 0.717) is 19.4 Å². The first kappa shape index (κ1) is 14.5. The number of carbonyl (C=O) groups is 2. The van der Waals surface area contributed by atoms with Crippen LogP contribution in [-0.4, -0.2) is 57.7 Å². The fourth-order valence-corrected chi connectivity index (χ4v) is 2.53. The standard InChI is InChI=1S/C15H17N3O4/c19-14(18-7-8-22-12(9-18)15(20)21)6-5-13-16-10-3-1-2-4-11(10)17-13/h1-4,12H,5-9H2,(H,16,17)(H,20,21). The minimum atomic E-state index is -1.03. The molecule has 116 valence electrons. The van der Waals surface area contributed by atoms with Crippen molar-refractivity contribution in [1.29, 1.82) is 0 Å². The highest BCUT2D eigenvalue weighted by atomic mass is 16.5. The molecule has 1 aromatic heterocycles. The molecular formula is C15H17N3O4. The molecule has 0 aliphatic carbocycles. The lowest BCUT2D eigenvalue weighted by molar-refractivity contribution is -0.159. The number of aromatic amines is 1. The van der Waals surface area contributed by atoms with Crippen molar-refractivity contribution in [3.8, 4) is 0 Å². The first-order valence-electron chi connectivity index (χ1n) is 7.19. The highest BCUT2D eigenvalue weighted by molar-refractivity contribution is 5.79. The zero-order valence-electron chi connectivity index (χ0n) is 12.0. The fourth-order valence-electron chi connectivity index (χ4n) is 2.53. The van der Waals surface area contributed by atoms with Crippen LogP contribution < -0.4 is 0 Å². The third kappa shape index (κ3) is 3.09. The number of aliphatic carboxylic acids is 1. The van der Waals surface area contributed by atoms with E-state index in [2.05, 4.69) is 9.97 Å². The molecule has 0 spiro atoms. The van der Waals surface area contributed by atoms with Gasteiger partial charge in [0.15, 0.2) is 6.10 Å². The van der Waals surface area contributed by atoms with Crippen LogP contribution in [0.25, 0.3) is 11.0 Å². The highest BCUT2D eigenvalue weighted by Gasteiger charge is 2.28. The van der Waals surface area contributed by atoms with Gasteiger partial charge in [0.05, 0.1) is 24.2 Å². The number of para-hydroxylation sites is 2.